The van der Waals surface area contributed by atoms with Crippen molar-refractivity contribution < 1.29 is 4.79 Å². The Morgan fingerprint density at radius 1 is 1.57 bits per heavy atom. The summed E-state index contributed by atoms with van der Waals surface area (Å²) in [6.07, 6.45) is 0. The standard InChI is InChI=1S/C4H8OS.Na.H/c1-3(2)4(5)6;;/h3H,1-2H3,(H,5,6);;. The molecule has 0 heterocycles. The molecule has 0 fully saturated rings. The van der Waals surface area contributed by atoms with E-state index < -0.39 is 0 Å². The van der Waals surface area contributed by atoms with Crippen molar-refractivity contribution in [3.8, 4) is 0 Å². The third-order valence-corrected chi connectivity index (χ3v) is 1.01. The van der Waals surface area contributed by atoms with Gasteiger partial charge in [0.2, 0.25) is 0 Å². The van der Waals surface area contributed by atoms with E-state index in [1.807, 2.05) is 13.8 Å². The summed E-state index contributed by atoms with van der Waals surface area (Å²) in [4.78, 5) is 10.0. The van der Waals surface area contributed by atoms with Crippen LogP contribution in [-0.2, 0) is 4.79 Å². The van der Waals surface area contributed by atoms with Gasteiger partial charge in [0, 0.05) is 5.92 Å². The SMILES string of the molecule is CC(C)C(=O)S.[NaH]. The first kappa shape index (κ1) is 10.9. The van der Waals surface area contributed by atoms with Crippen LogP contribution in [-0.4, -0.2) is 34.7 Å². The van der Waals surface area contributed by atoms with E-state index in [0.29, 0.717) is 0 Å². The van der Waals surface area contributed by atoms with Crippen LogP contribution in [0.3, 0.4) is 0 Å². The number of rotatable bonds is 1. The van der Waals surface area contributed by atoms with E-state index in [1.54, 1.807) is 0 Å². The molecule has 0 unspecified atom stereocenters. The van der Waals surface area contributed by atoms with Crippen LogP contribution >= 0.6 is 12.6 Å². The monoisotopic (exact) mass is 128 g/mol. The average Bonchev–Trinajstić information content (AvgIpc) is 1.36. The zero-order valence-electron chi connectivity index (χ0n) is 3.93. The summed E-state index contributed by atoms with van der Waals surface area (Å²) in [7, 11) is 0. The fourth-order valence-corrected chi connectivity index (χ4v) is 0. The van der Waals surface area contributed by atoms with E-state index in [4.69, 9.17) is 0 Å². The van der Waals surface area contributed by atoms with E-state index in [0.717, 1.165) is 0 Å². The van der Waals surface area contributed by atoms with Gasteiger partial charge in [-0.1, -0.05) is 13.8 Å². The minimum absolute atomic E-state index is 0. The summed E-state index contributed by atoms with van der Waals surface area (Å²) < 4.78 is 0. The molecule has 0 aliphatic rings. The van der Waals surface area contributed by atoms with E-state index in [2.05, 4.69) is 12.6 Å². The summed E-state index contributed by atoms with van der Waals surface area (Å²) in [5, 5.41) is -0.0463. The van der Waals surface area contributed by atoms with Gasteiger partial charge in [0.1, 0.15) is 0 Å². The maximum atomic E-state index is 10.0. The zero-order valence-corrected chi connectivity index (χ0v) is 4.83. The average molecular weight is 128 g/mol. The van der Waals surface area contributed by atoms with Crippen LogP contribution in [0.4, 0.5) is 0 Å². The number of carbonyl (C=O) groups is 1. The van der Waals surface area contributed by atoms with Gasteiger partial charge in [-0.25, -0.2) is 0 Å². The van der Waals surface area contributed by atoms with Crippen LogP contribution in [0.5, 0.6) is 0 Å². The van der Waals surface area contributed by atoms with Gasteiger partial charge in [0.05, 0.1) is 0 Å². The normalized spacial score (nSPS) is 8.00. The number of hydrogen-bond donors (Lipinski definition) is 1. The van der Waals surface area contributed by atoms with Gasteiger partial charge >= 0.3 is 29.6 Å². The van der Waals surface area contributed by atoms with Crippen molar-refractivity contribution in [2.45, 2.75) is 13.8 Å². The Balaban J connectivity index is 0. The van der Waals surface area contributed by atoms with E-state index in [9.17, 15) is 4.79 Å². The summed E-state index contributed by atoms with van der Waals surface area (Å²) in [6.45, 7) is 3.63. The van der Waals surface area contributed by atoms with Crippen LogP contribution in [0.25, 0.3) is 0 Å². The van der Waals surface area contributed by atoms with E-state index in [-0.39, 0.29) is 40.6 Å². The van der Waals surface area contributed by atoms with E-state index in [1.165, 1.54) is 0 Å². The molecule has 0 aromatic carbocycles. The topological polar surface area (TPSA) is 17.1 Å². The summed E-state index contributed by atoms with van der Waals surface area (Å²) in [5.41, 5.74) is 0. The van der Waals surface area contributed by atoms with Crippen LogP contribution in [0.15, 0.2) is 0 Å². The molecule has 0 bridgehead atoms. The third kappa shape index (κ3) is 7.02. The van der Waals surface area contributed by atoms with Crippen LogP contribution in [0.2, 0.25) is 0 Å². The molecule has 0 aliphatic heterocycles. The quantitative estimate of drug-likeness (QED) is 0.401. The van der Waals surface area contributed by atoms with Gasteiger partial charge in [-0.3, -0.25) is 4.79 Å². The van der Waals surface area contributed by atoms with Crippen molar-refractivity contribution in [3.05, 3.63) is 0 Å². The van der Waals surface area contributed by atoms with Gasteiger partial charge in [0.25, 0.3) is 0 Å². The molecule has 0 rings (SSSR count). The maximum absolute atomic E-state index is 10.0. The van der Waals surface area contributed by atoms with Crippen LogP contribution in [0, 0.1) is 5.92 Å². The van der Waals surface area contributed by atoms with Gasteiger partial charge < -0.3 is 0 Å². The van der Waals surface area contributed by atoms with Crippen molar-refractivity contribution in [1.82, 2.24) is 0 Å². The third-order valence-electron chi connectivity index (χ3n) is 0.494. The number of hydrogen-bond acceptors (Lipinski definition) is 1. The molecule has 0 aromatic rings. The Morgan fingerprint density at radius 2 is 1.71 bits per heavy atom. The molecule has 0 atom stereocenters. The molecule has 0 saturated heterocycles. The molecular weight excluding hydrogens is 119 g/mol. The molecule has 3 heteroatoms. The van der Waals surface area contributed by atoms with Crippen molar-refractivity contribution in [2.75, 3.05) is 0 Å². The molecule has 0 radical (unpaired) electrons. The fraction of sp³-hybridized carbons (Fsp3) is 0.750. The van der Waals surface area contributed by atoms with Crippen molar-refractivity contribution in [1.29, 1.82) is 0 Å². The minimum atomic E-state index is -0.0463. The molecule has 0 spiro atoms. The van der Waals surface area contributed by atoms with Crippen molar-refractivity contribution in [2.24, 2.45) is 5.92 Å². The van der Waals surface area contributed by atoms with Crippen LogP contribution < -0.4 is 0 Å². The van der Waals surface area contributed by atoms with E-state index >= 15 is 0 Å². The molecule has 0 saturated carbocycles. The Bertz CT molecular complexity index is 62.7. The number of carbonyl (C=O) groups excluding carboxylic acids is 1. The molecule has 0 amide bonds. The summed E-state index contributed by atoms with van der Waals surface area (Å²) in [6, 6.07) is 0. The number of thiol groups is 1. The molecule has 0 aromatic heterocycles. The Morgan fingerprint density at radius 3 is 1.71 bits per heavy atom. The first-order valence-electron chi connectivity index (χ1n) is 1.87. The molecule has 0 aliphatic carbocycles. The van der Waals surface area contributed by atoms with Gasteiger partial charge in [0.15, 0.2) is 5.12 Å². The molecule has 38 valence electrons. The molecule has 0 N–H and O–H groups in total. The first-order valence-corrected chi connectivity index (χ1v) is 2.32. The predicted octanol–water partition coefficient (Wildman–Crippen LogP) is 0.450. The van der Waals surface area contributed by atoms with Gasteiger partial charge in [-0.05, 0) is 0 Å². The second-order valence-corrected chi connectivity index (χ2v) is 1.93. The Hall–Kier alpha value is 1.02. The Labute approximate surface area is 71.6 Å². The van der Waals surface area contributed by atoms with Gasteiger partial charge in [-0.15, -0.1) is 12.6 Å². The molecular formula is C4H9NaOS. The predicted molar refractivity (Wildman–Crippen MR) is 36.0 cm³/mol. The first-order chi connectivity index (χ1) is 2.64. The second kappa shape index (κ2) is 5.16. The van der Waals surface area contributed by atoms with Crippen LogP contribution in [0.1, 0.15) is 13.8 Å². The summed E-state index contributed by atoms with van der Waals surface area (Å²) in [5.74, 6) is 0.0772. The Kier molecular flexibility index (Phi) is 8.04. The molecule has 1 nitrogen and oxygen atoms in total. The summed E-state index contributed by atoms with van der Waals surface area (Å²) >= 11 is 3.55. The zero-order chi connectivity index (χ0) is 5.15. The van der Waals surface area contributed by atoms with Crippen molar-refractivity contribution in [3.63, 3.8) is 0 Å². The fourth-order valence-electron chi connectivity index (χ4n) is 0. The van der Waals surface area contributed by atoms with Gasteiger partial charge in [-0.2, -0.15) is 0 Å². The molecule has 7 heavy (non-hydrogen) atoms. The second-order valence-electron chi connectivity index (χ2n) is 1.49. The van der Waals surface area contributed by atoms with Crippen molar-refractivity contribution >= 4 is 47.3 Å².